The van der Waals surface area contributed by atoms with Crippen LogP contribution in [0.5, 0.6) is 5.75 Å². The number of oxazole rings is 1. The molecule has 0 aliphatic rings. The third-order valence-electron chi connectivity index (χ3n) is 3.47. The number of nitrogens with zero attached hydrogens (tertiary/aromatic N) is 2. The Kier molecular flexibility index (Phi) is 9.99. The van der Waals surface area contributed by atoms with Crippen molar-refractivity contribution in [2.75, 3.05) is 6.54 Å². The zero-order chi connectivity index (χ0) is 19.1. The second-order valence-electron chi connectivity index (χ2n) is 5.43. The van der Waals surface area contributed by atoms with Crippen molar-refractivity contribution in [2.45, 2.75) is 40.5 Å². The fraction of sp³-hybridized carbons (Fsp3) is 0.412. The van der Waals surface area contributed by atoms with E-state index >= 15 is 0 Å². The maximum absolute atomic E-state index is 12.6. The van der Waals surface area contributed by atoms with Gasteiger partial charge in [-0.3, -0.25) is 0 Å². The van der Waals surface area contributed by atoms with Crippen molar-refractivity contribution in [3.63, 3.8) is 0 Å². The van der Waals surface area contributed by atoms with Crippen LogP contribution in [0.4, 0.5) is 8.78 Å². The van der Waals surface area contributed by atoms with Gasteiger partial charge in [0.2, 0.25) is 5.89 Å². The predicted molar refractivity (Wildman–Crippen MR) is 114 cm³/mol. The van der Waals surface area contributed by atoms with Crippen LogP contribution in [0.15, 0.2) is 32.1 Å². The number of nitrogens with one attached hydrogen (secondary N) is 2. The molecule has 0 bridgehead atoms. The molecule has 27 heavy (non-hydrogen) atoms. The Morgan fingerprint density at radius 2 is 2.07 bits per heavy atom. The average Bonchev–Trinajstić information content (AvgIpc) is 2.90. The van der Waals surface area contributed by atoms with Crippen LogP contribution in [0.3, 0.4) is 0 Å². The molecule has 2 N–H and O–H groups in total. The van der Waals surface area contributed by atoms with Crippen molar-refractivity contribution in [3.05, 3.63) is 45.6 Å². The highest BCUT2D eigenvalue weighted by atomic mass is 127. The molecular formula is C17H22BrF2IN4O2. The third-order valence-corrected chi connectivity index (χ3v) is 3.96. The van der Waals surface area contributed by atoms with Crippen LogP contribution in [0.25, 0.3) is 0 Å². The molecule has 0 amide bonds. The first-order valence-electron chi connectivity index (χ1n) is 8.07. The van der Waals surface area contributed by atoms with Crippen molar-refractivity contribution in [3.8, 4) is 5.75 Å². The molecule has 0 aliphatic heterocycles. The van der Waals surface area contributed by atoms with Gasteiger partial charge >= 0.3 is 6.61 Å². The predicted octanol–water partition coefficient (Wildman–Crippen LogP) is 4.53. The van der Waals surface area contributed by atoms with Gasteiger partial charge in [0.05, 0.1) is 18.8 Å². The maximum Gasteiger partial charge on any atom is 0.387 e. The van der Waals surface area contributed by atoms with Crippen LogP contribution < -0.4 is 15.4 Å². The summed E-state index contributed by atoms with van der Waals surface area (Å²) in [6.07, 6.45) is 0. The normalized spacial score (nSPS) is 11.3. The van der Waals surface area contributed by atoms with E-state index in [0.29, 0.717) is 30.5 Å². The average molecular weight is 559 g/mol. The highest BCUT2D eigenvalue weighted by Crippen LogP contribution is 2.25. The number of aromatic nitrogens is 1. The molecule has 1 aromatic carbocycles. The molecule has 0 unspecified atom stereocenters. The Morgan fingerprint density at radius 1 is 1.33 bits per heavy atom. The molecular weight excluding hydrogens is 537 g/mol. The first-order valence-corrected chi connectivity index (χ1v) is 8.86. The van der Waals surface area contributed by atoms with Crippen LogP contribution >= 0.6 is 39.9 Å². The fourth-order valence-electron chi connectivity index (χ4n) is 2.16. The summed E-state index contributed by atoms with van der Waals surface area (Å²) in [5, 5.41) is 6.19. The Morgan fingerprint density at radius 3 is 2.67 bits per heavy atom. The number of ether oxygens (including phenoxy) is 1. The molecule has 2 rings (SSSR count). The molecule has 0 aliphatic carbocycles. The van der Waals surface area contributed by atoms with E-state index in [1.807, 2.05) is 20.8 Å². The van der Waals surface area contributed by atoms with E-state index in [1.165, 1.54) is 6.07 Å². The summed E-state index contributed by atoms with van der Waals surface area (Å²) in [5.74, 6) is 1.94. The van der Waals surface area contributed by atoms with Crippen molar-refractivity contribution in [1.82, 2.24) is 15.6 Å². The van der Waals surface area contributed by atoms with Gasteiger partial charge in [0.25, 0.3) is 0 Å². The van der Waals surface area contributed by atoms with Gasteiger partial charge in [-0.15, -0.1) is 24.0 Å². The molecule has 0 atom stereocenters. The Bertz CT molecular complexity index is 752. The minimum atomic E-state index is -2.89. The summed E-state index contributed by atoms with van der Waals surface area (Å²) in [7, 11) is 0. The lowest BCUT2D eigenvalue weighted by atomic mass is 10.2. The van der Waals surface area contributed by atoms with Gasteiger partial charge in [0, 0.05) is 16.6 Å². The molecule has 0 saturated carbocycles. The van der Waals surface area contributed by atoms with Gasteiger partial charge in [-0.05, 0) is 39.0 Å². The highest BCUT2D eigenvalue weighted by Gasteiger charge is 2.11. The van der Waals surface area contributed by atoms with Crippen molar-refractivity contribution in [2.24, 2.45) is 4.99 Å². The number of rotatable bonds is 7. The number of alkyl halides is 2. The van der Waals surface area contributed by atoms with E-state index in [9.17, 15) is 8.78 Å². The van der Waals surface area contributed by atoms with Gasteiger partial charge in [0.1, 0.15) is 11.5 Å². The Labute approximate surface area is 182 Å². The lowest BCUT2D eigenvalue weighted by Gasteiger charge is -2.12. The number of hydrogen-bond donors (Lipinski definition) is 2. The van der Waals surface area contributed by atoms with Gasteiger partial charge < -0.3 is 19.8 Å². The number of hydrogen-bond acceptors (Lipinski definition) is 4. The minimum absolute atomic E-state index is 0. The number of halogens is 4. The first kappa shape index (κ1) is 23.6. The molecule has 10 heteroatoms. The second kappa shape index (κ2) is 11.4. The highest BCUT2D eigenvalue weighted by molar-refractivity contribution is 14.0. The van der Waals surface area contributed by atoms with Gasteiger partial charge in [0.15, 0.2) is 5.96 Å². The lowest BCUT2D eigenvalue weighted by Crippen LogP contribution is -2.36. The Balaban J connectivity index is 0.00000364. The maximum atomic E-state index is 12.6. The summed E-state index contributed by atoms with van der Waals surface area (Å²) >= 11 is 3.33. The molecule has 1 heterocycles. The van der Waals surface area contributed by atoms with E-state index in [-0.39, 0.29) is 36.3 Å². The van der Waals surface area contributed by atoms with Crippen LogP contribution in [0, 0.1) is 13.8 Å². The quantitative estimate of drug-likeness (QED) is 0.297. The first-order chi connectivity index (χ1) is 12.4. The van der Waals surface area contributed by atoms with Gasteiger partial charge in [-0.2, -0.15) is 8.78 Å². The lowest BCUT2D eigenvalue weighted by molar-refractivity contribution is -0.0504. The molecule has 0 radical (unpaired) electrons. The number of guanidine groups is 1. The molecule has 1 aromatic heterocycles. The Hall–Kier alpha value is -1.43. The van der Waals surface area contributed by atoms with Crippen LogP contribution in [0.2, 0.25) is 0 Å². The van der Waals surface area contributed by atoms with E-state index in [2.05, 4.69) is 41.3 Å². The van der Waals surface area contributed by atoms with E-state index in [4.69, 9.17) is 4.42 Å². The largest absolute Gasteiger partial charge is 0.444 e. The zero-order valence-electron chi connectivity index (χ0n) is 15.2. The molecule has 6 nitrogen and oxygen atoms in total. The van der Waals surface area contributed by atoms with Crippen LogP contribution in [-0.4, -0.2) is 24.1 Å². The SMILES string of the molecule is CCNC(=NCc1cc(Br)ccc1OC(F)F)NCc1nc(C)c(C)o1.I. The summed E-state index contributed by atoms with van der Waals surface area (Å²) in [5.41, 5.74) is 1.38. The molecule has 150 valence electrons. The van der Waals surface area contributed by atoms with Crippen LogP contribution in [0.1, 0.15) is 29.8 Å². The fourth-order valence-corrected chi connectivity index (χ4v) is 2.57. The monoisotopic (exact) mass is 558 g/mol. The summed E-state index contributed by atoms with van der Waals surface area (Å²) < 4.78 is 35.9. The van der Waals surface area contributed by atoms with Gasteiger partial charge in [-0.25, -0.2) is 9.98 Å². The molecule has 2 aromatic rings. The smallest absolute Gasteiger partial charge is 0.387 e. The number of aliphatic imine (C=N–C) groups is 1. The summed E-state index contributed by atoms with van der Waals surface area (Å²) in [4.78, 5) is 8.71. The van der Waals surface area contributed by atoms with Crippen molar-refractivity contribution in [1.29, 1.82) is 0 Å². The van der Waals surface area contributed by atoms with E-state index < -0.39 is 6.61 Å². The minimum Gasteiger partial charge on any atom is -0.444 e. The summed E-state index contributed by atoms with van der Waals surface area (Å²) in [6, 6.07) is 4.83. The molecule has 0 spiro atoms. The van der Waals surface area contributed by atoms with E-state index in [0.717, 1.165) is 15.9 Å². The van der Waals surface area contributed by atoms with Gasteiger partial charge in [-0.1, -0.05) is 15.9 Å². The standard InChI is InChI=1S/C17H21BrF2N4O2.HI/c1-4-21-17(23-9-15-24-10(2)11(3)25-15)22-8-12-7-13(18)5-6-14(12)26-16(19)20;/h5-7,16H,4,8-9H2,1-3H3,(H2,21,22,23);1H. The van der Waals surface area contributed by atoms with Crippen molar-refractivity contribution >= 4 is 45.9 Å². The zero-order valence-corrected chi connectivity index (χ0v) is 19.1. The summed E-state index contributed by atoms with van der Waals surface area (Å²) in [6.45, 7) is 3.94. The molecule has 0 saturated heterocycles. The third kappa shape index (κ3) is 7.60. The molecule has 0 fully saturated rings. The number of benzene rings is 1. The second-order valence-corrected chi connectivity index (χ2v) is 6.34. The number of aryl methyl sites for hydroxylation is 2. The van der Waals surface area contributed by atoms with E-state index in [1.54, 1.807) is 12.1 Å². The van der Waals surface area contributed by atoms with Crippen molar-refractivity contribution < 1.29 is 17.9 Å². The topological polar surface area (TPSA) is 71.7 Å². The van der Waals surface area contributed by atoms with Crippen LogP contribution in [-0.2, 0) is 13.1 Å².